The van der Waals surface area contributed by atoms with E-state index in [-0.39, 0.29) is 5.75 Å². The molecular formula is C10H14N2O. The minimum Gasteiger partial charge on any atom is -0.508 e. The summed E-state index contributed by atoms with van der Waals surface area (Å²) in [7, 11) is 0. The minimum atomic E-state index is 0.217. The van der Waals surface area contributed by atoms with Crippen LogP contribution in [0.1, 0.15) is 12.8 Å². The minimum absolute atomic E-state index is 0.217. The maximum Gasteiger partial charge on any atom is 0.117 e. The number of phenolic OH excluding ortho intramolecular Hbond substituents is 1. The number of hydrogen-bond donors (Lipinski definition) is 3. The number of phenols is 1. The van der Waals surface area contributed by atoms with Crippen LogP contribution in [0.25, 0.3) is 0 Å². The number of benzene rings is 1. The zero-order valence-electron chi connectivity index (χ0n) is 7.46. The molecule has 3 nitrogen and oxygen atoms in total. The van der Waals surface area contributed by atoms with Gasteiger partial charge in [-0.1, -0.05) is 0 Å². The van der Waals surface area contributed by atoms with Crippen LogP contribution in [0.15, 0.2) is 18.2 Å². The van der Waals surface area contributed by atoms with Gasteiger partial charge in [0.2, 0.25) is 0 Å². The Bertz CT molecular complexity index is 308. The van der Waals surface area contributed by atoms with Crippen LogP contribution in [0.3, 0.4) is 0 Å². The van der Waals surface area contributed by atoms with Crippen LogP contribution in [0.5, 0.6) is 5.75 Å². The maximum absolute atomic E-state index is 9.12. The van der Waals surface area contributed by atoms with E-state index in [2.05, 4.69) is 5.32 Å². The number of rotatable bonds is 3. The molecule has 0 heterocycles. The van der Waals surface area contributed by atoms with Crippen molar-refractivity contribution in [3.05, 3.63) is 18.2 Å². The molecule has 70 valence electrons. The van der Waals surface area contributed by atoms with Gasteiger partial charge in [0.1, 0.15) is 5.75 Å². The second kappa shape index (κ2) is 3.17. The first-order valence-electron chi connectivity index (χ1n) is 4.58. The van der Waals surface area contributed by atoms with E-state index in [9.17, 15) is 0 Å². The summed E-state index contributed by atoms with van der Waals surface area (Å²) in [6.45, 7) is 0.995. The second-order valence-corrected chi connectivity index (χ2v) is 3.60. The molecule has 1 saturated carbocycles. The van der Waals surface area contributed by atoms with Gasteiger partial charge in [-0.3, -0.25) is 0 Å². The van der Waals surface area contributed by atoms with Crippen molar-refractivity contribution in [2.45, 2.75) is 12.8 Å². The van der Waals surface area contributed by atoms with Crippen molar-refractivity contribution < 1.29 is 5.11 Å². The normalized spacial score (nSPS) is 15.7. The molecular weight excluding hydrogens is 164 g/mol. The fourth-order valence-corrected chi connectivity index (χ4v) is 1.29. The molecule has 2 rings (SSSR count). The summed E-state index contributed by atoms with van der Waals surface area (Å²) in [5.41, 5.74) is 7.24. The Morgan fingerprint density at radius 2 is 2.23 bits per heavy atom. The largest absolute Gasteiger partial charge is 0.508 e. The lowest BCUT2D eigenvalue weighted by molar-refractivity contribution is 0.475. The van der Waals surface area contributed by atoms with Crippen LogP contribution in [-0.2, 0) is 0 Å². The zero-order chi connectivity index (χ0) is 9.26. The molecule has 1 aromatic rings. The van der Waals surface area contributed by atoms with E-state index in [0.717, 1.165) is 18.2 Å². The lowest BCUT2D eigenvalue weighted by atomic mass is 10.2. The third kappa shape index (κ3) is 2.05. The first-order chi connectivity index (χ1) is 6.25. The molecule has 4 N–H and O–H groups in total. The lowest BCUT2D eigenvalue weighted by Crippen LogP contribution is -2.05. The fraction of sp³-hybridized carbons (Fsp3) is 0.400. The Morgan fingerprint density at radius 1 is 1.46 bits per heavy atom. The first kappa shape index (κ1) is 8.23. The molecule has 0 aromatic heterocycles. The Hall–Kier alpha value is -1.38. The summed E-state index contributed by atoms with van der Waals surface area (Å²) < 4.78 is 0. The van der Waals surface area contributed by atoms with Crippen LogP contribution in [0.2, 0.25) is 0 Å². The quantitative estimate of drug-likeness (QED) is 0.488. The van der Waals surface area contributed by atoms with Crippen LogP contribution in [0, 0.1) is 5.92 Å². The van der Waals surface area contributed by atoms with Gasteiger partial charge in [-0.25, -0.2) is 0 Å². The second-order valence-electron chi connectivity index (χ2n) is 3.60. The molecule has 0 aliphatic heterocycles. The van der Waals surface area contributed by atoms with Crippen LogP contribution in [0.4, 0.5) is 11.4 Å². The maximum atomic E-state index is 9.12. The molecule has 0 atom stereocenters. The monoisotopic (exact) mass is 178 g/mol. The summed E-state index contributed by atoms with van der Waals surface area (Å²) in [5.74, 6) is 1.04. The fourth-order valence-electron chi connectivity index (χ4n) is 1.29. The van der Waals surface area contributed by atoms with Crippen molar-refractivity contribution in [1.29, 1.82) is 0 Å². The van der Waals surface area contributed by atoms with E-state index in [1.165, 1.54) is 12.8 Å². The molecule has 0 saturated heterocycles. The molecule has 1 aliphatic carbocycles. The van der Waals surface area contributed by atoms with Gasteiger partial charge in [0.05, 0.1) is 11.4 Å². The summed E-state index contributed by atoms with van der Waals surface area (Å²) in [5, 5.41) is 12.4. The molecule has 1 aliphatic rings. The molecule has 0 amide bonds. The number of nitrogens with one attached hydrogen (secondary N) is 1. The van der Waals surface area contributed by atoms with Gasteiger partial charge in [0.15, 0.2) is 0 Å². The number of nitrogen functional groups attached to an aromatic ring is 1. The molecule has 1 aromatic carbocycles. The number of anilines is 2. The predicted molar refractivity (Wildman–Crippen MR) is 53.7 cm³/mol. The predicted octanol–water partition coefficient (Wildman–Crippen LogP) is 1.80. The lowest BCUT2D eigenvalue weighted by Gasteiger charge is -2.08. The molecule has 1 fully saturated rings. The topological polar surface area (TPSA) is 58.3 Å². The number of hydrogen-bond acceptors (Lipinski definition) is 3. The molecule has 0 unspecified atom stereocenters. The van der Waals surface area contributed by atoms with Gasteiger partial charge in [0, 0.05) is 12.6 Å². The van der Waals surface area contributed by atoms with Gasteiger partial charge < -0.3 is 16.2 Å². The first-order valence-corrected chi connectivity index (χ1v) is 4.58. The highest BCUT2D eigenvalue weighted by Gasteiger charge is 2.20. The summed E-state index contributed by atoms with van der Waals surface area (Å²) in [6.07, 6.45) is 2.65. The van der Waals surface area contributed by atoms with Crippen molar-refractivity contribution in [1.82, 2.24) is 0 Å². The van der Waals surface area contributed by atoms with Gasteiger partial charge in [-0.05, 0) is 30.9 Å². The van der Waals surface area contributed by atoms with E-state index in [1.807, 2.05) is 6.07 Å². The molecule has 0 bridgehead atoms. The van der Waals surface area contributed by atoms with Gasteiger partial charge in [0.25, 0.3) is 0 Å². The van der Waals surface area contributed by atoms with E-state index in [1.54, 1.807) is 12.1 Å². The zero-order valence-corrected chi connectivity index (χ0v) is 7.46. The van der Waals surface area contributed by atoms with E-state index in [4.69, 9.17) is 10.8 Å². The Balaban J connectivity index is 2.01. The van der Waals surface area contributed by atoms with Gasteiger partial charge >= 0.3 is 0 Å². The van der Waals surface area contributed by atoms with E-state index < -0.39 is 0 Å². The molecule has 0 spiro atoms. The van der Waals surface area contributed by atoms with Crippen molar-refractivity contribution in [3.63, 3.8) is 0 Å². The molecule has 13 heavy (non-hydrogen) atoms. The Kier molecular flexibility index (Phi) is 2.00. The van der Waals surface area contributed by atoms with Crippen molar-refractivity contribution in [2.75, 3.05) is 17.6 Å². The van der Waals surface area contributed by atoms with Crippen LogP contribution in [-0.4, -0.2) is 11.7 Å². The van der Waals surface area contributed by atoms with Crippen molar-refractivity contribution in [3.8, 4) is 5.75 Å². The average molecular weight is 178 g/mol. The highest BCUT2D eigenvalue weighted by atomic mass is 16.3. The Morgan fingerprint density at radius 3 is 2.85 bits per heavy atom. The van der Waals surface area contributed by atoms with E-state index in [0.29, 0.717) is 5.69 Å². The van der Waals surface area contributed by atoms with Gasteiger partial charge in [-0.15, -0.1) is 0 Å². The van der Waals surface area contributed by atoms with Gasteiger partial charge in [-0.2, -0.15) is 0 Å². The Labute approximate surface area is 77.6 Å². The number of nitrogens with two attached hydrogens (primary N) is 1. The number of aromatic hydroxyl groups is 1. The van der Waals surface area contributed by atoms with E-state index >= 15 is 0 Å². The highest BCUT2D eigenvalue weighted by Crippen LogP contribution is 2.30. The van der Waals surface area contributed by atoms with Crippen LogP contribution >= 0.6 is 0 Å². The smallest absolute Gasteiger partial charge is 0.117 e. The SMILES string of the molecule is Nc1cc(O)ccc1NCC1CC1. The highest BCUT2D eigenvalue weighted by molar-refractivity contribution is 5.67. The van der Waals surface area contributed by atoms with Crippen molar-refractivity contribution >= 4 is 11.4 Å². The van der Waals surface area contributed by atoms with Crippen molar-refractivity contribution in [2.24, 2.45) is 5.92 Å². The molecule has 3 heteroatoms. The third-order valence-electron chi connectivity index (χ3n) is 2.31. The standard InChI is InChI=1S/C10H14N2O/c11-9-5-8(13)3-4-10(9)12-6-7-1-2-7/h3-5,7,12-13H,1-2,6,11H2. The average Bonchev–Trinajstić information content (AvgIpc) is 2.86. The summed E-state index contributed by atoms with van der Waals surface area (Å²) in [6, 6.07) is 5.02. The third-order valence-corrected chi connectivity index (χ3v) is 2.31. The molecule has 0 radical (unpaired) electrons. The summed E-state index contributed by atoms with van der Waals surface area (Å²) >= 11 is 0. The van der Waals surface area contributed by atoms with Crippen LogP contribution < -0.4 is 11.1 Å². The summed E-state index contributed by atoms with van der Waals surface area (Å²) in [4.78, 5) is 0.